The monoisotopic (exact) mass is 1320 g/mol. The van der Waals surface area contributed by atoms with Crippen molar-refractivity contribution in [1.82, 2.24) is 0 Å². The Labute approximate surface area is 502 Å². The molecule has 72 heavy (non-hydrogen) atoms. The molecule has 2 N–H and O–H groups in total. The number of carbonyl (C=O) groups is 2. The fraction of sp³-hybridized carbons (Fsp3) is 0.517. The standard InChI is InChI=1S/C26H35OP.C14H17Cl.C7H6BrCl.C7H10.2C2H4O2.BrH.ClH.Li.Pd.Zn/c1-20-12-11-18-24(27-2)26(20)23-17-9-10-19-25(23)28(21-13-5-3-6-14-21)22-15-7-4-8-16-22;1-9-4-12(8-13(15)5-9)14-7-10-2-3-11(14)6-10;1-5-2-6(8)4-7(9)3-5;1-2-7-4-3-6(1)5-7;2*1-2(3)4;;;;;/h9-12,17-19,21-22H,3-8,13-16H2,1-2H3;4-5,8,10-11,14H,2-3,6-7H2,1H3;2-4H,1H3;1,6H,2-5H2;2*1H3,(H,3,4);2*1H;;;/q;;;;;;;;+1;;+2/p-2. The summed E-state index contributed by atoms with van der Waals surface area (Å²) in [5.41, 5.74) is 9.90. The van der Waals surface area contributed by atoms with Gasteiger partial charge < -0.3 is 27.4 Å². The van der Waals surface area contributed by atoms with Crippen LogP contribution in [0.25, 0.3) is 11.1 Å². The molecule has 14 heteroatoms. The summed E-state index contributed by atoms with van der Waals surface area (Å²) < 4.78 is 6.85. The molecule has 6 fully saturated rings. The number of rotatable bonds is 6. The first-order valence-corrected chi connectivity index (χ1v) is 35.1. The molecule has 0 aromatic heterocycles. The van der Waals surface area contributed by atoms with Crippen LogP contribution in [-0.2, 0) is 46.4 Å². The normalized spacial score (nSPS) is 20.1. The number of carboxylic acids is 2. The molecule has 5 nitrogen and oxygen atoms in total. The van der Waals surface area contributed by atoms with Crippen molar-refractivity contribution in [3.63, 3.8) is 0 Å². The second kappa shape index (κ2) is 37.4. The first-order chi connectivity index (χ1) is 33.1. The van der Waals surface area contributed by atoms with Gasteiger partial charge in [-0.05, 0) is 177 Å². The summed E-state index contributed by atoms with van der Waals surface area (Å²) in [6.45, 7) is 8.55. The minimum absolute atomic E-state index is 0. The van der Waals surface area contributed by atoms with Crippen molar-refractivity contribution in [2.75, 3.05) is 7.11 Å². The topological polar surface area (TPSA) is 83.8 Å². The van der Waals surface area contributed by atoms with Crippen molar-refractivity contribution >= 4 is 77.9 Å². The Bertz CT molecular complexity index is 2070. The average Bonchev–Trinajstić information content (AvgIpc) is 4.16. The Balaban J connectivity index is 0.000000494. The minimum atomic E-state index is -0.833. The Morgan fingerprint density at radius 2 is 1.31 bits per heavy atom. The SMILES string of the molecule is CC(=O)O.CC(=O)O.COc1cccc(C)c1-c1ccccc1P(C1CCCCC1)C1CCCCC1.Cc1cc(Cl)cc(Br)c1.Cc1cc(Cl)cc(C2CC3CCC2C3)c1.[CH-]1C[C+]2CCC1C2.[Cl-].[Li+].[Pd].[Zn+][Br]. The summed E-state index contributed by atoms with van der Waals surface area (Å²) in [5, 5.41) is 18.2. The summed E-state index contributed by atoms with van der Waals surface area (Å²) in [7, 11) is 1.69. The van der Waals surface area contributed by atoms with E-state index in [9.17, 15) is 0 Å². The van der Waals surface area contributed by atoms with Gasteiger partial charge in [-0.2, -0.15) is 0 Å². The molecule has 4 unspecified atom stereocenters. The first-order valence-electron chi connectivity index (χ1n) is 25.2. The number of hydrogen-bond donors (Lipinski definition) is 2. The van der Waals surface area contributed by atoms with E-state index in [-0.39, 0.29) is 59.6 Å². The van der Waals surface area contributed by atoms with Crippen LogP contribution >= 0.6 is 60.7 Å². The van der Waals surface area contributed by atoms with Gasteiger partial charge in [0.05, 0.1) is 25.9 Å². The van der Waals surface area contributed by atoms with Gasteiger partial charge in [-0.15, -0.1) is 5.92 Å². The molecule has 0 radical (unpaired) electrons. The van der Waals surface area contributed by atoms with Gasteiger partial charge in [-0.1, -0.05) is 134 Å². The molecular weight excluding hydrogens is 1250 g/mol. The number of aryl methyl sites for hydroxylation is 3. The van der Waals surface area contributed by atoms with E-state index in [1.165, 1.54) is 165 Å². The van der Waals surface area contributed by atoms with Crippen LogP contribution in [0.3, 0.4) is 0 Å². The Morgan fingerprint density at radius 3 is 1.72 bits per heavy atom. The number of methoxy groups -OCH3 is 1. The van der Waals surface area contributed by atoms with Gasteiger partial charge in [0.1, 0.15) is 5.75 Å². The number of ether oxygens (including phenoxy) is 1. The van der Waals surface area contributed by atoms with Crippen LogP contribution in [0.5, 0.6) is 5.75 Å². The van der Waals surface area contributed by atoms with Crippen LogP contribution in [0.1, 0.15) is 158 Å². The van der Waals surface area contributed by atoms with Crippen LogP contribution in [0.2, 0.25) is 10.0 Å². The fourth-order valence-electron chi connectivity index (χ4n) is 11.5. The third kappa shape index (κ3) is 23.7. The van der Waals surface area contributed by atoms with Gasteiger partial charge in [0, 0.05) is 54.4 Å². The van der Waals surface area contributed by atoms with Crippen molar-refractivity contribution < 1.29 is 92.6 Å². The fourth-order valence-corrected chi connectivity index (χ4v) is 16.8. The van der Waals surface area contributed by atoms with Crippen molar-refractivity contribution in [2.24, 2.45) is 17.8 Å². The summed E-state index contributed by atoms with van der Waals surface area (Å²) in [6.07, 6.45) is 28.4. The number of benzene rings is 4. The molecule has 0 heterocycles. The summed E-state index contributed by atoms with van der Waals surface area (Å²) in [4.78, 5) is 18.0. The van der Waals surface area contributed by atoms with E-state index in [2.05, 4.69) is 110 Å². The van der Waals surface area contributed by atoms with Gasteiger partial charge in [0.2, 0.25) is 0 Å². The van der Waals surface area contributed by atoms with Crippen molar-refractivity contribution in [3.8, 4) is 16.9 Å². The molecule has 0 saturated heterocycles. The zero-order valence-corrected chi connectivity index (χ0v) is 54.6. The van der Waals surface area contributed by atoms with E-state index in [0.717, 1.165) is 69.1 Å². The van der Waals surface area contributed by atoms with E-state index in [0.29, 0.717) is 0 Å². The average molecular weight is 1330 g/mol. The summed E-state index contributed by atoms with van der Waals surface area (Å²) >= 11 is 19.4. The molecule has 10 rings (SSSR count). The predicted octanol–water partition coefficient (Wildman–Crippen LogP) is 12.4. The van der Waals surface area contributed by atoms with E-state index >= 15 is 0 Å². The van der Waals surface area contributed by atoms with Gasteiger partial charge in [-0.25, -0.2) is 0 Å². The van der Waals surface area contributed by atoms with Crippen LogP contribution < -0.4 is 41.3 Å². The molecular formula is C58H76Br2Cl3LiO5PPdZn+. The first kappa shape index (κ1) is 69.6. The molecule has 6 aliphatic carbocycles. The van der Waals surface area contributed by atoms with Crippen LogP contribution in [0, 0.1) is 50.9 Å². The molecule has 0 spiro atoms. The van der Waals surface area contributed by atoms with E-state index in [4.69, 9.17) is 47.7 Å². The molecule has 4 aromatic rings. The Hall–Kier alpha value is -0.367. The Morgan fingerprint density at radius 1 is 0.750 bits per heavy atom. The Kier molecular flexibility index (Phi) is 36.2. The molecule has 4 atom stereocenters. The number of hydrogen-bond acceptors (Lipinski definition) is 3. The van der Waals surface area contributed by atoms with Crippen molar-refractivity contribution in [2.45, 2.75) is 167 Å². The molecule has 4 bridgehead atoms. The molecule has 6 aliphatic rings. The molecule has 390 valence electrons. The van der Waals surface area contributed by atoms with E-state index in [1.54, 1.807) is 5.30 Å². The van der Waals surface area contributed by atoms with E-state index < -0.39 is 11.9 Å². The number of carboxylic acid groups (broad SMARTS) is 2. The third-order valence-electron chi connectivity index (χ3n) is 14.2. The second-order valence-corrected chi connectivity index (χ2v) is 24.2. The molecule has 4 aromatic carbocycles. The number of halogens is 5. The van der Waals surface area contributed by atoms with Gasteiger partial charge in [0.15, 0.2) is 0 Å². The van der Waals surface area contributed by atoms with Crippen molar-refractivity contribution in [3.05, 3.63) is 128 Å². The third-order valence-corrected chi connectivity index (χ3v) is 18.7. The summed E-state index contributed by atoms with van der Waals surface area (Å²) in [5.74, 6) is 4.95. The molecule has 0 aliphatic heterocycles. The van der Waals surface area contributed by atoms with Crippen LogP contribution in [0.15, 0.2) is 83.3 Å². The molecule has 0 amide bonds. The van der Waals surface area contributed by atoms with Gasteiger partial charge in [0.25, 0.3) is 11.9 Å². The van der Waals surface area contributed by atoms with Crippen molar-refractivity contribution in [1.29, 1.82) is 0 Å². The van der Waals surface area contributed by atoms with Crippen LogP contribution in [-0.4, -0.2) is 40.6 Å². The predicted molar refractivity (Wildman–Crippen MR) is 297 cm³/mol. The summed E-state index contributed by atoms with van der Waals surface area (Å²) in [6, 6.07) is 28.2. The molecule has 6 saturated carbocycles. The number of aliphatic carboxylic acids is 2. The zero-order valence-electron chi connectivity index (χ0n) is 43.8. The van der Waals surface area contributed by atoms with Gasteiger partial charge in [-0.3, -0.25) is 16.0 Å². The maximum absolute atomic E-state index is 9.00. The van der Waals surface area contributed by atoms with E-state index in [1.807, 2.05) is 38.2 Å². The maximum atomic E-state index is 9.00. The van der Waals surface area contributed by atoms with Crippen LogP contribution in [0.4, 0.5) is 0 Å². The zero-order chi connectivity index (χ0) is 50.5. The number of fused-ring (bicyclic) bond motifs is 4. The van der Waals surface area contributed by atoms with Gasteiger partial charge >= 0.3 is 48.8 Å². The second-order valence-electron chi connectivity index (χ2n) is 19.7. The quantitative estimate of drug-likeness (QED) is 0.114.